The average molecular weight is 328 g/mol. The normalized spacial score (nSPS) is 14.5. The Hall–Kier alpha value is -2.90. The number of hydrogen-bond donors (Lipinski definition) is 1. The number of nitrogens with two attached hydrogens (primary N) is 1. The second-order valence-electron chi connectivity index (χ2n) is 5.36. The first kappa shape index (κ1) is 16.0. The smallest absolute Gasteiger partial charge is 0.252 e. The fraction of sp³-hybridized carbons (Fsp3) is 0.375. The lowest BCUT2D eigenvalue weighted by molar-refractivity contribution is 0.100. The molecule has 2 aromatic rings. The molecule has 0 aromatic carbocycles. The lowest BCUT2D eigenvalue weighted by Gasteiger charge is -2.36. The van der Waals surface area contributed by atoms with Crippen LogP contribution in [0.3, 0.4) is 0 Å². The van der Waals surface area contributed by atoms with Crippen molar-refractivity contribution in [2.24, 2.45) is 5.73 Å². The van der Waals surface area contributed by atoms with E-state index in [0.29, 0.717) is 23.9 Å². The minimum atomic E-state index is -0.460. The molecule has 0 spiro atoms. The van der Waals surface area contributed by atoms with Crippen molar-refractivity contribution in [3.63, 3.8) is 0 Å². The molecule has 1 amide bonds. The van der Waals surface area contributed by atoms with E-state index >= 15 is 0 Å². The Balaban J connectivity index is 1.70. The number of aromatic nitrogens is 3. The van der Waals surface area contributed by atoms with E-state index in [9.17, 15) is 4.79 Å². The van der Waals surface area contributed by atoms with Crippen LogP contribution in [0.1, 0.15) is 17.3 Å². The maximum absolute atomic E-state index is 11.6. The minimum absolute atomic E-state index is 0.451. The second kappa shape index (κ2) is 7.12. The van der Waals surface area contributed by atoms with Gasteiger partial charge in [-0.2, -0.15) is 0 Å². The van der Waals surface area contributed by atoms with Gasteiger partial charge in [-0.15, -0.1) is 0 Å². The zero-order valence-corrected chi connectivity index (χ0v) is 13.6. The molecule has 8 heteroatoms. The first-order valence-electron chi connectivity index (χ1n) is 7.88. The minimum Gasteiger partial charge on any atom is -0.478 e. The zero-order chi connectivity index (χ0) is 16.9. The number of ether oxygens (including phenoxy) is 1. The number of amides is 1. The maximum Gasteiger partial charge on any atom is 0.252 e. The van der Waals surface area contributed by atoms with Gasteiger partial charge >= 0.3 is 0 Å². The predicted octanol–water partition coefficient (Wildman–Crippen LogP) is 0.696. The molecule has 0 radical (unpaired) electrons. The standard InChI is InChI=1S/C16H20N6O2/c1-2-24-14-10-13(19-11-20-14)21-6-8-22(9-7-21)16-12(15(17)23)4-3-5-18-16/h3-5,10-11H,2,6-9H2,1H3,(H2,17,23). The summed E-state index contributed by atoms with van der Waals surface area (Å²) in [7, 11) is 0. The first-order valence-corrected chi connectivity index (χ1v) is 7.88. The van der Waals surface area contributed by atoms with Gasteiger partial charge < -0.3 is 20.3 Å². The number of carbonyl (C=O) groups is 1. The van der Waals surface area contributed by atoms with Crippen molar-refractivity contribution in [1.82, 2.24) is 15.0 Å². The summed E-state index contributed by atoms with van der Waals surface area (Å²) in [4.78, 5) is 28.5. The van der Waals surface area contributed by atoms with E-state index in [-0.39, 0.29) is 0 Å². The Morgan fingerprint density at radius 3 is 2.67 bits per heavy atom. The molecule has 0 bridgehead atoms. The van der Waals surface area contributed by atoms with Gasteiger partial charge in [0.25, 0.3) is 5.91 Å². The molecule has 1 aliphatic rings. The number of anilines is 2. The summed E-state index contributed by atoms with van der Waals surface area (Å²) in [6.07, 6.45) is 3.18. The Kier molecular flexibility index (Phi) is 4.74. The Morgan fingerprint density at radius 1 is 1.21 bits per heavy atom. The molecule has 3 rings (SSSR count). The number of carbonyl (C=O) groups excluding carboxylic acids is 1. The van der Waals surface area contributed by atoms with Crippen molar-refractivity contribution in [3.8, 4) is 5.88 Å². The highest BCUT2D eigenvalue weighted by molar-refractivity contribution is 5.97. The monoisotopic (exact) mass is 328 g/mol. The molecule has 3 heterocycles. The molecule has 0 saturated carbocycles. The number of nitrogens with zero attached hydrogens (tertiary/aromatic N) is 5. The van der Waals surface area contributed by atoms with Gasteiger partial charge in [0.2, 0.25) is 5.88 Å². The Morgan fingerprint density at radius 2 is 1.96 bits per heavy atom. The molecule has 2 aromatic heterocycles. The number of piperazine rings is 1. The summed E-state index contributed by atoms with van der Waals surface area (Å²) in [5, 5.41) is 0. The topological polar surface area (TPSA) is 97.5 Å². The van der Waals surface area contributed by atoms with Crippen molar-refractivity contribution >= 4 is 17.5 Å². The number of primary amides is 1. The van der Waals surface area contributed by atoms with Crippen LogP contribution in [-0.2, 0) is 0 Å². The highest BCUT2D eigenvalue weighted by Gasteiger charge is 2.22. The molecule has 1 aliphatic heterocycles. The lowest BCUT2D eigenvalue weighted by atomic mass is 10.2. The SMILES string of the molecule is CCOc1cc(N2CCN(c3ncccc3C(N)=O)CC2)ncn1. The van der Waals surface area contributed by atoms with Gasteiger partial charge in [-0.25, -0.2) is 15.0 Å². The van der Waals surface area contributed by atoms with E-state index in [1.54, 1.807) is 18.3 Å². The van der Waals surface area contributed by atoms with Gasteiger partial charge in [0.05, 0.1) is 12.2 Å². The number of pyridine rings is 1. The van der Waals surface area contributed by atoms with Crippen LogP contribution >= 0.6 is 0 Å². The van der Waals surface area contributed by atoms with E-state index in [1.807, 2.05) is 13.0 Å². The van der Waals surface area contributed by atoms with Crippen LogP contribution in [0, 0.1) is 0 Å². The third-order valence-electron chi connectivity index (χ3n) is 3.88. The molecule has 24 heavy (non-hydrogen) atoms. The summed E-state index contributed by atoms with van der Waals surface area (Å²) in [6.45, 7) is 5.47. The van der Waals surface area contributed by atoms with Crippen molar-refractivity contribution in [2.45, 2.75) is 6.92 Å². The predicted molar refractivity (Wildman–Crippen MR) is 90.4 cm³/mol. The number of rotatable bonds is 5. The summed E-state index contributed by atoms with van der Waals surface area (Å²) < 4.78 is 5.42. The van der Waals surface area contributed by atoms with Crippen molar-refractivity contribution in [1.29, 1.82) is 0 Å². The fourth-order valence-corrected chi connectivity index (χ4v) is 2.72. The molecule has 1 fully saturated rings. The average Bonchev–Trinajstić information content (AvgIpc) is 2.62. The first-order chi connectivity index (χ1) is 11.7. The van der Waals surface area contributed by atoms with Gasteiger partial charge in [-0.3, -0.25) is 4.79 Å². The van der Waals surface area contributed by atoms with Gasteiger partial charge in [-0.1, -0.05) is 0 Å². The van der Waals surface area contributed by atoms with Gasteiger partial charge in [0, 0.05) is 38.4 Å². The Labute approximate surface area is 140 Å². The summed E-state index contributed by atoms with van der Waals surface area (Å²) in [5.74, 6) is 1.59. The van der Waals surface area contributed by atoms with Crippen molar-refractivity contribution in [3.05, 3.63) is 36.3 Å². The van der Waals surface area contributed by atoms with Crippen LogP contribution < -0.4 is 20.3 Å². The summed E-state index contributed by atoms with van der Waals surface area (Å²) >= 11 is 0. The summed E-state index contributed by atoms with van der Waals surface area (Å²) in [5.41, 5.74) is 5.89. The summed E-state index contributed by atoms with van der Waals surface area (Å²) in [6, 6.07) is 5.26. The molecule has 0 aliphatic carbocycles. The fourth-order valence-electron chi connectivity index (χ4n) is 2.72. The quantitative estimate of drug-likeness (QED) is 0.862. The second-order valence-corrected chi connectivity index (χ2v) is 5.36. The van der Waals surface area contributed by atoms with Crippen LogP contribution in [0.25, 0.3) is 0 Å². The third-order valence-corrected chi connectivity index (χ3v) is 3.88. The highest BCUT2D eigenvalue weighted by Crippen LogP contribution is 2.22. The van der Waals surface area contributed by atoms with Crippen molar-refractivity contribution < 1.29 is 9.53 Å². The van der Waals surface area contributed by atoms with Gasteiger partial charge in [0.15, 0.2) is 0 Å². The van der Waals surface area contributed by atoms with Crippen LogP contribution in [0.15, 0.2) is 30.7 Å². The van der Waals surface area contributed by atoms with E-state index in [2.05, 4.69) is 24.8 Å². The maximum atomic E-state index is 11.6. The van der Waals surface area contributed by atoms with Crippen LogP contribution in [0.2, 0.25) is 0 Å². The highest BCUT2D eigenvalue weighted by atomic mass is 16.5. The molecule has 0 atom stereocenters. The van der Waals surface area contributed by atoms with Crippen molar-refractivity contribution in [2.75, 3.05) is 42.6 Å². The van der Waals surface area contributed by atoms with E-state index < -0.39 is 5.91 Å². The van der Waals surface area contributed by atoms with E-state index in [4.69, 9.17) is 10.5 Å². The van der Waals surface area contributed by atoms with Crippen LogP contribution in [0.4, 0.5) is 11.6 Å². The van der Waals surface area contributed by atoms with E-state index in [1.165, 1.54) is 6.33 Å². The van der Waals surface area contributed by atoms with E-state index in [0.717, 1.165) is 32.0 Å². The molecule has 2 N–H and O–H groups in total. The molecular weight excluding hydrogens is 308 g/mol. The molecule has 8 nitrogen and oxygen atoms in total. The third kappa shape index (κ3) is 3.37. The zero-order valence-electron chi connectivity index (χ0n) is 13.6. The van der Waals surface area contributed by atoms with Crippen LogP contribution in [0.5, 0.6) is 5.88 Å². The molecular formula is C16H20N6O2. The molecule has 0 unspecified atom stereocenters. The largest absolute Gasteiger partial charge is 0.478 e. The van der Waals surface area contributed by atoms with Gasteiger partial charge in [0.1, 0.15) is 18.0 Å². The molecule has 1 saturated heterocycles. The molecule has 126 valence electrons. The lowest BCUT2D eigenvalue weighted by Crippen LogP contribution is -2.47. The Bertz CT molecular complexity index is 715. The van der Waals surface area contributed by atoms with Gasteiger partial charge in [-0.05, 0) is 19.1 Å². The van der Waals surface area contributed by atoms with Crippen LogP contribution in [-0.4, -0.2) is 53.6 Å². The number of hydrogen-bond acceptors (Lipinski definition) is 7.